The lowest BCUT2D eigenvalue weighted by atomic mass is 10.2. The largest absolute Gasteiger partial charge is 0.370 e. The van der Waals surface area contributed by atoms with Gasteiger partial charge in [-0.1, -0.05) is 18.2 Å². The Morgan fingerprint density at radius 2 is 1.79 bits per heavy atom. The zero-order valence-electron chi connectivity index (χ0n) is 13.2. The van der Waals surface area contributed by atoms with Crippen molar-refractivity contribution in [3.8, 4) is 0 Å². The maximum atomic E-state index is 12.5. The van der Waals surface area contributed by atoms with Gasteiger partial charge in [0.25, 0.3) is 15.9 Å². The van der Waals surface area contributed by atoms with E-state index in [4.69, 9.17) is 4.74 Å². The Labute approximate surface area is 141 Å². The summed E-state index contributed by atoms with van der Waals surface area (Å²) in [5, 5.41) is 0. The van der Waals surface area contributed by atoms with Gasteiger partial charge in [0.2, 0.25) is 0 Å². The highest BCUT2D eigenvalue weighted by Crippen LogP contribution is 2.23. The van der Waals surface area contributed by atoms with Crippen molar-refractivity contribution in [2.45, 2.75) is 11.8 Å². The summed E-state index contributed by atoms with van der Waals surface area (Å²) in [5.41, 5.74) is 1.85. The van der Waals surface area contributed by atoms with Crippen LogP contribution in [0.25, 0.3) is 0 Å². The number of ether oxygens (including phenoxy) is 1. The smallest absolute Gasteiger partial charge is 0.262 e. The predicted octanol–water partition coefficient (Wildman–Crippen LogP) is 2.16. The molecule has 0 spiro atoms. The van der Waals surface area contributed by atoms with Crippen LogP contribution in [0, 0.1) is 6.92 Å². The molecule has 0 atom stereocenters. The number of hydrogen-bond donors (Lipinski definition) is 1. The average molecular weight is 346 g/mol. The van der Waals surface area contributed by atoms with E-state index >= 15 is 0 Å². The van der Waals surface area contributed by atoms with Gasteiger partial charge >= 0.3 is 0 Å². The first-order chi connectivity index (χ1) is 11.5. The van der Waals surface area contributed by atoms with Gasteiger partial charge in [0.1, 0.15) is 6.61 Å². The second-order valence-electron chi connectivity index (χ2n) is 5.52. The topological polar surface area (TPSA) is 75.7 Å². The molecule has 1 heterocycles. The molecule has 126 valence electrons. The first kappa shape index (κ1) is 16.5. The Morgan fingerprint density at radius 3 is 2.46 bits per heavy atom. The Bertz CT molecular complexity index is 847. The van der Waals surface area contributed by atoms with Crippen LogP contribution in [0.1, 0.15) is 5.56 Å². The summed E-state index contributed by atoms with van der Waals surface area (Å²) in [4.78, 5) is 13.7. The third-order valence-electron chi connectivity index (χ3n) is 3.80. The minimum absolute atomic E-state index is 0.0711. The van der Waals surface area contributed by atoms with Gasteiger partial charge in [-0.2, -0.15) is 0 Å². The summed E-state index contributed by atoms with van der Waals surface area (Å²) in [5.74, 6) is -0.102. The molecule has 1 fully saturated rings. The van der Waals surface area contributed by atoms with Gasteiger partial charge < -0.3 is 9.64 Å². The molecular weight excluding hydrogens is 328 g/mol. The average Bonchev–Trinajstić information content (AvgIpc) is 2.56. The molecule has 7 heteroatoms. The molecule has 3 rings (SSSR count). The van der Waals surface area contributed by atoms with Crippen LogP contribution < -0.4 is 9.62 Å². The van der Waals surface area contributed by atoms with E-state index in [0.29, 0.717) is 24.4 Å². The third-order valence-corrected chi connectivity index (χ3v) is 5.34. The van der Waals surface area contributed by atoms with Gasteiger partial charge in [-0.05, 0) is 42.8 Å². The molecule has 0 bridgehead atoms. The quantitative estimate of drug-likeness (QED) is 0.920. The molecule has 1 N–H and O–H groups in total. The number of aryl methyl sites for hydroxylation is 1. The van der Waals surface area contributed by atoms with Crippen LogP contribution in [0.4, 0.5) is 11.4 Å². The number of nitrogens with zero attached hydrogens (tertiary/aromatic N) is 1. The molecule has 0 unspecified atom stereocenters. The molecule has 1 amide bonds. The number of carbonyl (C=O) groups is 1. The molecule has 2 aromatic rings. The number of nitrogens with one attached hydrogen (secondary N) is 1. The van der Waals surface area contributed by atoms with Crippen molar-refractivity contribution in [2.75, 3.05) is 29.4 Å². The maximum Gasteiger partial charge on any atom is 0.262 e. The van der Waals surface area contributed by atoms with Gasteiger partial charge in [0.05, 0.1) is 11.5 Å². The highest BCUT2D eigenvalue weighted by Gasteiger charge is 2.20. The van der Waals surface area contributed by atoms with E-state index in [-0.39, 0.29) is 17.4 Å². The summed E-state index contributed by atoms with van der Waals surface area (Å²) >= 11 is 0. The van der Waals surface area contributed by atoms with E-state index in [2.05, 4.69) is 4.72 Å². The third kappa shape index (κ3) is 3.42. The monoisotopic (exact) mass is 346 g/mol. The highest BCUT2D eigenvalue weighted by atomic mass is 32.2. The summed E-state index contributed by atoms with van der Waals surface area (Å²) in [7, 11) is -3.64. The fraction of sp³-hybridized carbons (Fsp3) is 0.235. The van der Waals surface area contributed by atoms with E-state index in [1.807, 2.05) is 0 Å². The summed E-state index contributed by atoms with van der Waals surface area (Å²) < 4.78 is 32.6. The number of benzene rings is 2. The van der Waals surface area contributed by atoms with Crippen molar-refractivity contribution in [1.29, 1.82) is 0 Å². The van der Waals surface area contributed by atoms with Crippen LogP contribution >= 0.6 is 0 Å². The highest BCUT2D eigenvalue weighted by molar-refractivity contribution is 7.92. The van der Waals surface area contributed by atoms with Crippen LogP contribution in [0.2, 0.25) is 0 Å². The van der Waals surface area contributed by atoms with Crippen LogP contribution in [0.15, 0.2) is 53.4 Å². The Balaban J connectivity index is 1.79. The van der Waals surface area contributed by atoms with Gasteiger partial charge in [-0.25, -0.2) is 8.42 Å². The van der Waals surface area contributed by atoms with Gasteiger partial charge in [0, 0.05) is 17.9 Å². The van der Waals surface area contributed by atoms with Crippen LogP contribution in [0.3, 0.4) is 0 Å². The summed E-state index contributed by atoms with van der Waals surface area (Å²) in [6.07, 6.45) is 0. The van der Waals surface area contributed by atoms with Crippen molar-refractivity contribution < 1.29 is 17.9 Å². The van der Waals surface area contributed by atoms with Crippen molar-refractivity contribution in [2.24, 2.45) is 0 Å². The fourth-order valence-electron chi connectivity index (χ4n) is 2.57. The van der Waals surface area contributed by atoms with E-state index in [1.54, 1.807) is 60.4 Å². The molecule has 1 saturated heterocycles. The van der Waals surface area contributed by atoms with E-state index < -0.39 is 10.0 Å². The van der Waals surface area contributed by atoms with E-state index in [0.717, 1.165) is 5.69 Å². The fourth-order valence-corrected chi connectivity index (χ4v) is 3.87. The number of anilines is 2. The predicted molar refractivity (Wildman–Crippen MR) is 91.6 cm³/mol. The van der Waals surface area contributed by atoms with Gasteiger partial charge in [-0.3, -0.25) is 9.52 Å². The minimum Gasteiger partial charge on any atom is -0.370 e. The molecule has 0 saturated carbocycles. The SMILES string of the molecule is Cc1ccccc1S(=O)(=O)Nc1ccc(N2CCOCC2=O)cc1. The lowest BCUT2D eigenvalue weighted by Crippen LogP contribution is -2.41. The number of rotatable bonds is 4. The van der Waals surface area contributed by atoms with Crippen molar-refractivity contribution in [3.63, 3.8) is 0 Å². The Kier molecular flexibility index (Phi) is 4.55. The zero-order chi connectivity index (χ0) is 17.2. The van der Waals surface area contributed by atoms with Crippen molar-refractivity contribution in [1.82, 2.24) is 0 Å². The molecular formula is C17H18N2O4S. The normalized spacial score (nSPS) is 15.4. The Morgan fingerprint density at radius 1 is 1.08 bits per heavy atom. The molecule has 1 aliphatic rings. The second kappa shape index (κ2) is 6.62. The van der Waals surface area contributed by atoms with Crippen molar-refractivity contribution in [3.05, 3.63) is 54.1 Å². The minimum atomic E-state index is -3.64. The number of carbonyl (C=O) groups excluding carboxylic acids is 1. The molecule has 0 aliphatic carbocycles. The van der Waals surface area contributed by atoms with Gasteiger partial charge in [-0.15, -0.1) is 0 Å². The number of sulfonamides is 1. The van der Waals surface area contributed by atoms with Crippen molar-refractivity contribution >= 4 is 27.3 Å². The van der Waals surface area contributed by atoms with Crippen LogP contribution in [-0.4, -0.2) is 34.1 Å². The number of hydrogen-bond acceptors (Lipinski definition) is 4. The summed E-state index contributed by atoms with van der Waals surface area (Å²) in [6.45, 7) is 2.81. The standard InChI is InChI=1S/C17H18N2O4S/c1-13-4-2-3-5-16(13)24(21,22)18-14-6-8-15(9-7-14)19-10-11-23-12-17(19)20/h2-9,18H,10-12H2,1H3. The second-order valence-corrected chi connectivity index (χ2v) is 7.17. The first-order valence-corrected chi connectivity index (χ1v) is 9.02. The van der Waals surface area contributed by atoms with Gasteiger partial charge in [0.15, 0.2) is 0 Å². The molecule has 24 heavy (non-hydrogen) atoms. The number of amides is 1. The molecule has 2 aromatic carbocycles. The Hall–Kier alpha value is -2.38. The maximum absolute atomic E-state index is 12.5. The summed E-state index contributed by atoms with van der Waals surface area (Å²) in [6, 6.07) is 13.5. The van der Waals surface area contributed by atoms with Crippen LogP contribution in [0.5, 0.6) is 0 Å². The molecule has 6 nitrogen and oxygen atoms in total. The zero-order valence-corrected chi connectivity index (χ0v) is 14.0. The van der Waals surface area contributed by atoms with E-state index in [9.17, 15) is 13.2 Å². The molecule has 0 aromatic heterocycles. The molecule has 1 aliphatic heterocycles. The molecule has 0 radical (unpaired) electrons. The lowest BCUT2D eigenvalue weighted by molar-refractivity contribution is -0.125. The first-order valence-electron chi connectivity index (χ1n) is 7.54. The van der Waals surface area contributed by atoms with E-state index in [1.165, 1.54) is 0 Å². The lowest BCUT2D eigenvalue weighted by Gasteiger charge is -2.26. The van der Waals surface area contributed by atoms with Crippen LogP contribution in [-0.2, 0) is 19.6 Å². The number of morpholine rings is 1.